The summed E-state index contributed by atoms with van der Waals surface area (Å²) in [4.78, 5) is 12.2. The minimum atomic E-state index is -0.0315. The Labute approximate surface area is 132 Å². The average molecular weight is 296 g/mol. The summed E-state index contributed by atoms with van der Waals surface area (Å²) in [6.07, 6.45) is 0. The van der Waals surface area contributed by atoms with E-state index in [1.165, 1.54) is 16.7 Å². The maximum Gasteiger partial charge on any atom is 0.243 e. The summed E-state index contributed by atoms with van der Waals surface area (Å²) in [7, 11) is 0. The van der Waals surface area contributed by atoms with Crippen LogP contribution in [0.3, 0.4) is 0 Å². The molecule has 0 spiro atoms. The molecule has 0 bridgehead atoms. The summed E-state index contributed by atoms with van der Waals surface area (Å²) in [6, 6.07) is 10.2. The lowest BCUT2D eigenvalue weighted by atomic mass is 10.1. The molecule has 0 fully saturated rings. The van der Waals surface area contributed by atoms with E-state index in [9.17, 15) is 4.79 Å². The highest BCUT2D eigenvalue weighted by molar-refractivity contribution is 5.95. The predicted molar refractivity (Wildman–Crippen MR) is 93.7 cm³/mol. The van der Waals surface area contributed by atoms with Crippen LogP contribution in [0.25, 0.3) is 0 Å². The number of carbonyl (C=O) groups excluding carboxylic acids is 1. The molecule has 116 valence electrons. The number of hydrogen-bond acceptors (Lipinski definition) is 2. The van der Waals surface area contributed by atoms with Crippen molar-refractivity contribution in [2.75, 3.05) is 17.2 Å². The number of nitrogens with one attached hydrogen (secondary N) is 2. The molecule has 2 rings (SSSR count). The van der Waals surface area contributed by atoms with Crippen molar-refractivity contribution in [2.45, 2.75) is 34.6 Å². The van der Waals surface area contributed by atoms with E-state index in [1.807, 2.05) is 26.0 Å². The van der Waals surface area contributed by atoms with E-state index in [0.717, 1.165) is 22.5 Å². The summed E-state index contributed by atoms with van der Waals surface area (Å²) in [5.41, 5.74) is 7.72. The number of anilines is 2. The smallest absolute Gasteiger partial charge is 0.243 e. The summed E-state index contributed by atoms with van der Waals surface area (Å²) in [6.45, 7) is 10.5. The monoisotopic (exact) mass is 296 g/mol. The van der Waals surface area contributed by atoms with Crippen LogP contribution in [0.1, 0.15) is 27.8 Å². The molecule has 0 atom stereocenters. The fourth-order valence-electron chi connectivity index (χ4n) is 2.68. The van der Waals surface area contributed by atoms with Crippen LogP contribution in [0.5, 0.6) is 0 Å². The Morgan fingerprint density at radius 2 is 1.59 bits per heavy atom. The molecule has 0 heterocycles. The minimum Gasteiger partial charge on any atom is -0.376 e. The first-order valence-corrected chi connectivity index (χ1v) is 7.56. The lowest BCUT2D eigenvalue weighted by Crippen LogP contribution is -2.23. The molecule has 2 aromatic rings. The maximum absolute atomic E-state index is 12.2. The molecule has 1 amide bonds. The largest absolute Gasteiger partial charge is 0.376 e. The van der Waals surface area contributed by atoms with Crippen LogP contribution in [-0.4, -0.2) is 12.5 Å². The standard InChI is InChI=1S/C19H24N2O/c1-12-9-14(3)19(15(4)10-12)21-18(22)11-20-17-8-6-7-13(2)16(17)5/h6-10,20H,11H2,1-5H3,(H,21,22). The van der Waals surface area contributed by atoms with Gasteiger partial charge in [0.2, 0.25) is 5.91 Å². The zero-order valence-electron chi connectivity index (χ0n) is 14.0. The van der Waals surface area contributed by atoms with Crippen LogP contribution >= 0.6 is 0 Å². The van der Waals surface area contributed by atoms with Crippen molar-refractivity contribution in [3.05, 3.63) is 58.1 Å². The molecule has 0 saturated heterocycles. The van der Waals surface area contributed by atoms with E-state index >= 15 is 0 Å². The van der Waals surface area contributed by atoms with Crippen molar-refractivity contribution in [1.29, 1.82) is 0 Å². The quantitative estimate of drug-likeness (QED) is 0.884. The van der Waals surface area contributed by atoms with Gasteiger partial charge in [-0.25, -0.2) is 0 Å². The summed E-state index contributed by atoms with van der Waals surface area (Å²) >= 11 is 0. The lowest BCUT2D eigenvalue weighted by Gasteiger charge is -2.14. The molecule has 0 radical (unpaired) electrons. The van der Waals surface area contributed by atoms with Gasteiger partial charge in [-0.1, -0.05) is 29.8 Å². The highest BCUT2D eigenvalue weighted by atomic mass is 16.1. The number of carbonyl (C=O) groups is 1. The molecule has 22 heavy (non-hydrogen) atoms. The Kier molecular flexibility index (Phi) is 4.86. The second kappa shape index (κ2) is 6.65. The van der Waals surface area contributed by atoms with E-state index in [1.54, 1.807) is 0 Å². The van der Waals surface area contributed by atoms with Gasteiger partial charge < -0.3 is 10.6 Å². The van der Waals surface area contributed by atoms with Crippen molar-refractivity contribution < 1.29 is 4.79 Å². The number of aryl methyl sites for hydroxylation is 4. The third-order valence-corrected chi connectivity index (χ3v) is 3.99. The van der Waals surface area contributed by atoms with Gasteiger partial charge in [0.25, 0.3) is 0 Å². The van der Waals surface area contributed by atoms with Gasteiger partial charge in [0.1, 0.15) is 0 Å². The number of benzene rings is 2. The van der Waals surface area contributed by atoms with Crippen molar-refractivity contribution >= 4 is 17.3 Å². The van der Waals surface area contributed by atoms with Gasteiger partial charge in [-0.2, -0.15) is 0 Å². The average Bonchev–Trinajstić information content (AvgIpc) is 2.44. The third-order valence-electron chi connectivity index (χ3n) is 3.99. The van der Waals surface area contributed by atoms with E-state index in [4.69, 9.17) is 0 Å². The Balaban J connectivity index is 2.04. The Morgan fingerprint density at radius 1 is 0.955 bits per heavy atom. The molecule has 3 nitrogen and oxygen atoms in total. The van der Waals surface area contributed by atoms with Crippen molar-refractivity contribution in [1.82, 2.24) is 0 Å². The first-order chi connectivity index (χ1) is 10.4. The van der Waals surface area contributed by atoms with Crippen molar-refractivity contribution in [2.24, 2.45) is 0 Å². The van der Waals surface area contributed by atoms with Gasteiger partial charge in [0.05, 0.1) is 6.54 Å². The van der Waals surface area contributed by atoms with Crippen LogP contribution in [0.4, 0.5) is 11.4 Å². The topological polar surface area (TPSA) is 41.1 Å². The fraction of sp³-hybridized carbons (Fsp3) is 0.316. The number of rotatable bonds is 4. The van der Waals surface area contributed by atoms with Gasteiger partial charge in [-0.3, -0.25) is 4.79 Å². The minimum absolute atomic E-state index is 0.0315. The first kappa shape index (κ1) is 16.1. The Morgan fingerprint density at radius 3 is 2.23 bits per heavy atom. The van der Waals surface area contributed by atoms with E-state index in [0.29, 0.717) is 0 Å². The predicted octanol–water partition coefficient (Wildman–Crippen LogP) is 4.28. The van der Waals surface area contributed by atoms with Crippen molar-refractivity contribution in [3.63, 3.8) is 0 Å². The Bertz CT molecular complexity index is 682. The normalized spacial score (nSPS) is 10.4. The summed E-state index contributed by atoms with van der Waals surface area (Å²) in [5, 5.41) is 6.22. The van der Waals surface area contributed by atoms with Gasteiger partial charge in [0, 0.05) is 11.4 Å². The molecule has 0 aliphatic carbocycles. The fourth-order valence-corrected chi connectivity index (χ4v) is 2.68. The maximum atomic E-state index is 12.2. The second-order valence-electron chi connectivity index (χ2n) is 5.92. The molecule has 2 N–H and O–H groups in total. The molecular weight excluding hydrogens is 272 g/mol. The first-order valence-electron chi connectivity index (χ1n) is 7.56. The van der Waals surface area contributed by atoms with Crippen molar-refractivity contribution in [3.8, 4) is 0 Å². The molecule has 3 heteroatoms. The van der Waals surface area contributed by atoms with Gasteiger partial charge in [-0.05, 0) is 62.9 Å². The molecule has 0 saturated carbocycles. The van der Waals surface area contributed by atoms with Crippen LogP contribution < -0.4 is 10.6 Å². The molecule has 0 aromatic heterocycles. The number of amides is 1. The molecular formula is C19H24N2O. The third kappa shape index (κ3) is 3.67. The van der Waals surface area contributed by atoms with Crippen LogP contribution in [0, 0.1) is 34.6 Å². The van der Waals surface area contributed by atoms with E-state index in [2.05, 4.69) is 49.6 Å². The van der Waals surface area contributed by atoms with Crippen LogP contribution in [0.15, 0.2) is 30.3 Å². The Hall–Kier alpha value is -2.29. The highest BCUT2D eigenvalue weighted by Gasteiger charge is 2.09. The molecule has 0 aliphatic heterocycles. The van der Waals surface area contributed by atoms with E-state index < -0.39 is 0 Å². The van der Waals surface area contributed by atoms with Gasteiger partial charge in [0.15, 0.2) is 0 Å². The van der Waals surface area contributed by atoms with E-state index in [-0.39, 0.29) is 12.5 Å². The highest BCUT2D eigenvalue weighted by Crippen LogP contribution is 2.22. The van der Waals surface area contributed by atoms with Crippen LogP contribution in [-0.2, 0) is 4.79 Å². The lowest BCUT2D eigenvalue weighted by molar-refractivity contribution is -0.114. The number of hydrogen-bond donors (Lipinski definition) is 2. The summed E-state index contributed by atoms with van der Waals surface area (Å²) < 4.78 is 0. The van der Waals surface area contributed by atoms with Crippen LogP contribution in [0.2, 0.25) is 0 Å². The zero-order chi connectivity index (χ0) is 16.3. The molecule has 2 aromatic carbocycles. The SMILES string of the molecule is Cc1cc(C)c(NC(=O)CNc2cccc(C)c2C)c(C)c1. The molecule has 0 aliphatic rings. The molecule has 0 unspecified atom stereocenters. The zero-order valence-corrected chi connectivity index (χ0v) is 14.0. The summed E-state index contributed by atoms with van der Waals surface area (Å²) in [5.74, 6) is -0.0315. The van der Waals surface area contributed by atoms with Gasteiger partial charge >= 0.3 is 0 Å². The van der Waals surface area contributed by atoms with Gasteiger partial charge in [-0.15, -0.1) is 0 Å². The second-order valence-corrected chi connectivity index (χ2v) is 5.92.